The first-order valence-corrected chi connectivity index (χ1v) is 8.64. The van der Waals surface area contributed by atoms with Gasteiger partial charge in [-0.15, -0.1) is 0 Å². The lowest BCUT2D eigenvalue weighted by Crippen LogP contribution is -2.65. The Morgan fingerprint density at radius 3 is 2.48 bits per heavy atom. The molecular weight excluding hydrogens is 264 g/mol. The van der Waals surface area contributed by atoms with Crippen molar-refractivity contribution in [3.05, 3.63) is 0 Å². The summed E-state index contributed by atoms with van der Waals surface area (Å²) in [5, 5.41) is 3.77. The molecule has 1 aliphatic rings. The molecule has 0 aromatic heterocycles. The van der Waals surface area contributed by atoms with Crippen LogP contribution in [-0.4, -0.2) is 63.0 Å². The topological polar surface area (TPSA) is 33.7 Å². The van der Waals surface area contributed by atoms with Crippen molar-refractivity contribution in [2.75, 3.05) is 46.6 Å². The fraction of sp³-hybridized carbons (Fsp3) is 1.00. The van der Waals surface area contributed by atoms with E-state index in [-0.39, 0.29) is 0 Å². The quantitative estimate of drug-likeness (QED) is 0.629. The van der Waals surface area contributed by atoms with Crippen LogP contribution in [0.4, 0.5) is 0 Å². The number of hydrogen-bond acceptors (Lipinski definition) is 4. The summed E-state index contributed by atoms with van der Waals surface area (Å²) in [5.74, 6) is 0.692. The second kappa shape index (κ2) is 9.78. The lowest BCUT2D eigenvalue weighted by atomic mass is 9.85. The van der Waals surface area contributed by atoms with E-state index < -0.39 is 0 Å². The average Bonchev–Trinajstić information content (AvgIpc) is 2.50. The second-order valence-corrected chi connectivity index (χ2v) is 6.57. The molecule has 4 nitrogen and oxygen atoms in total. The molecule has 0 aromatic carbocycles. The molecule has 0 radical (unpaired) electrons. The summed E-state index contributed by atoms with van der Waals surface area (Å²) in [6.07, 6.45) is 3.54. The highest BCUT2D eigenvalue weighted by molar-refractivity contribution is 4.98. The van der Waals surface area contributed by atoms with Crippen LogP contribution in [0.15, 0.2) is 0 Å². The molecule has 1 unspecified atom stereocenters. The molecule has 21 heavy (non-hydrogen) atoms. The van der Waals surface area contributed by atoms with E-state index in [1.807, 2.05) is 0 Å². The maximum atomic E-state index is 5.61. The lowest BCUT2D eigenvalue weighted by molar-refractivity contribution is 0.0103. The van der Waals surface area contributed by atoms with Crippen LogP contribution in [-0.2, 0) is 9.47 Å². The van der Waals surface area contributed by atoms with Crippen LogP contribution in [0.5, 0.6) is 0 Å². The second-order valence-electron chi connectivity index (χ2n) is 6.57. The van der Waals surface area contributed by atoms with Crippen molar-refractivity contribution in [3.63, 3.8) is 0 Å². The molecule has 0 aliphatic carbocycles. The first-order chi connectivity index (χ1) is 10.1. The molecule has 1 aliphatic heterocycles. The molecule has 1 N–H and O–H groups in total. The van der Waals surface area contributed by atoms with Gasteiger partial charge in [0.2, 0.25) is 0 Å². The largest absolute Gasteiger partial charge is 0.382 e. The monoisotopic (exact) mass is 300 g/mol. The number of ether oxygens (including phenoxy) is 2. The highest BCUT2D eigenvalue weighted by atomic mass is 16.5. The Kier molecular flexibility index (Phi) is 8.79. The van der Waals surface area contributed by atoms with E-state index in [1.54, 1.807) is 7.11 Å². The SMILES string of the molecule is CCC1(CC)CNC(C(C)C)CN1CCCOCCOC. The first-order valence-electron chi connectivity index (χ1n) is 8.64. The van der Waals surface area contributed by atoms with Crippen LogP contribution in [0.2, 0.25) is 0 Å². The van der Waals surface area contributed by atoms with Crippen LogP contribution in [0.3, 0.4) is 0 Å². The van der Waals surface area contributed by atoms with Crippen molar-refractivity contribution in [2.24, 2.45) is 5.92 Å². The van der Waals surface area contributed by atoms with Crippen molar-refractivity contribution in [1.29, 1.82) is 0 Å². The summed E-state index contributed by atoms with van der Waals surface area (Å²) >= 11 is 0. The van der Waals surface area contributed by atoms with Gasteiger partial charge in [-0.3, -0.25) is 4.90 Å². The Morgan fingerprint density at radius 2 is 1.90 bits per heavy atom. The Balaban J connectivity index is 2.46. The zero-order valence-electron chi connectivity index (χ0n) is 14.8. The summed E-state index contributed by atoms with van der Waals surface area (Å²) in [6.45, 7) is 14.9. The Hall–Kier alpha value is -0.160. The van der Waals surface area contributed by atoms with Gasteiger partial charge in [-0.05, 0) is 25.2 Å². The minimum Gasteiger partial charge on any atom is -0.382 e. The van der Waals surface area contributed by atoms with E-state index in [1.165, 1.54) is 12.8 Å². The molecule has 1 fully saturated rings. The zero-order valence-corrected chi connectivity index (χ0v) is 14.8. The number of piperazine rings is 1. The fourth-order valence-corrected chi connectivity index (χ4v) is 3.25. The molecule has 0 amide bonds. The highest BCUT2D eigenvalue weighted by Crippen LogP contribution is 2.28. The molecule has 0 spiro atoms. The smallest absolute Gasteiger partial charge is 0.0700 e. The van der Waals surface area contributed by atoms with Gasteiger partial charge < -0.3 is 14.8 Å². The summed E-state index contributed by atoms with van der Waals surface area (Å²) in [7, 11) is 1.72. The Morgan fingerprint density at radius 1 is 1.19 bits per heavy atom. The summed E-state index contributed by atoms with van der Waals surface area (Å²) < 4.78 is 10.6. The third-order valence-electron chi connectivity index (χ3n) is 5.05. The number of rotatable bonds is 10. The summed E-state index contributed by atoms with van der Waals surface area (Å²) in [6, 6.07) is 0.616. The third-order valence-corrected chi connectivity index (χ3v) is 5.05. The van der Waals surface area contributed by atoms with Gasteiger partial charge in [0.15, 0.2) is 0 Å². The minimum absolute atomic E-state index is 0.331. The van der Waals surface area contributed by atoms with Crippen molar-refractivity contribution in [3.8, 4) is 0 Å². The maximum Gasteiger partial charge on any atom is 0.0700 e. The molecule has 1 heterocycles. The summed E-state index contributed by atoms with van der Waals surface area (Å²) in [5.41, 5.74) is 0.331. The van der Waals surface area contributed by atoms with E-state index in [0.717, 1.165) is 32.7 Å². The van der Waals surface area contributed by atoms with Crippen molar-refractivity contribution in [2.45, 2.75) is 58.5 Å². The Labute approximate surface area is 131 Å². The highest BCUT2D eigenvalue weighted by Gasteiger charge is 2.38. The van der Waals surface area contributed by atoms with Gasteiger partial charge in [-0.1, -0.05) is 27.7 Å². The van der Waals surface area contributed by atoms with E-state index in [0.29, 0.717) is 30.7 Å². The normalized spacial score (nSPS) is 22.9. The molecule has 126 valence electrons. The van der Waals surface area contributed by atoms with E-state index >= 15 is 0 Å². The number of methoxy groups -OCH3 is 1. The van der Waals surface area contributed by atoms with Crippen molar-refractivity contribution < 1.29 is 9.47 Å². The van der Waals surface area contributed by atoms with Crippen LogP contribution >= 0.6 is 0 Å². The van der Waals surface area contributed by atoms with Crippen LogP contribution in [0, 0.1) is 5.92 Å². The number of nitrogens with zero attached hydrogens (tertiary/aromatic N) is 1. The molecule has 4 heteroatoms. The number of nitrogens with one attached hydrogen (secondary N) is 1. The van der Waals surface area contributed by atoms with E-state index in [9.17, 15) is 0 Å². The minimum atomic E-state index is 0.331. The standard InChI is InChI=1S/C17H36N2O2/c1-6-17(7-2)14-18-16(15(3)4)13-19(17)9-8-10-21-12-11-20-5/h15-16,18H,6-14H2,1-5H3. The third kappa shape index (κ3) is 5.51. The van der Waals surface area contributed by atoms with Crippen LogP contribution in [0.25, 0.3) is 0 Å². The van der Waals surface area contributed by atoms with Gasteiger partial charge in [0.1, 0.15) is 0 Å². The van der Waals surface area contributed by atoms with Gasteiger partial charge in [0.25, 0.3) is 0 Å². The molecule has 1 rings (SSSR count). The number of hydrogen-bond donors (Lipinski definition) is 1. The molecule has 1 atom stereocenters. The molecular formula is C17H36N2O2. The molecule has 0 aromatic rings. The van der Waals surface area contributed by atoms with Gasteiger partial charge in [0, 0.05) is 44.9 Å². The fourth-order valence-electron chi connectivity index (χ4n) is 3.25. The van der Waals surface area contributed by atoms with Crippen LogP contribution < -0.4 is 5.32 Å². The predicted octanol–water partition coefficient (Wildman–Crippen LogP) is 2.53. The maximum absolute atomic E-state index is 5.61. The van der Waals surface area contributed by atoms with Gasteiger partial charge >= 0.3 is 0 Å². The van der Waals surface area contributed by atoms with E-state index in [2.05, 4.69) is 37.9 Å². The van der Waals surface area contributed by atoms with E-state index in [4.69, 9.17) is 9.47 Å². The Bertz CT molecular complexity index is 268. The summed E-state index contributed by atoms with van der Waals surface area (Å²) in [4.78, 5) is 2.72. The van der Waals surface area contributed by atoms with Crippen molar-refractivity contribution >= 4 is 0 Å². The molecule has 0 bridgehead atoms. The molecule has 0 saturated carbocycles. The first kappa shape index (κ1) is 18.9. The average molecular weight is 300 g/mol. The molecule has 1 saturated heterocycles. The van der Waals surface area contributed by atoms with Crippen LogP contribution in [0.1, 0.15) is 47.0 Å². The van der Waals surface area contributed by atoms with Gasteiger partial charge in [0.05, 0.1) is 13.2 Å². The predicted molar refractivity (Wildman–Crippen MR) is 88.8 cm³/mol. The van der Waals surface area contributed by atoms with Gasteiger partial charge in [-0.2, -0.15) is 0 Å². The lowest BCUT2D eigenvalue weighted by Gasteiger charge is -2.50. The van der Waals surface area contributed by atoms with Crippen molar-refractivity contribution in [1.82, 2.24) is 10.2 Å². The zero-order chi connectivity index (χ0) is 15.7. The van der Waals surface area contributed by atoms with Gasteiger partial charge in [-0.25, -0.2) is 0 Å².